The molecule has 5 aromatic carbocycles. The summed E-state index contributed by atoms with van der Waals surface area (Å²) in [6, 6.07) is 26.1. The van der Waals surface area contributed by atoms with Gasteiger partial charge >= 0.3 is 24.3 Å². The first-order valence-corrected chi connectivity index (χ1v) is 38.1. The Morgan fingerprint density at radius 2 is 1.07 bits per heavy atom. The summed E-state index contributed by atoms with van der Waals surface area (Å²) in [6.45, 7) is 21.8. The molecule has 33 heteroatoms. The Morgan fingerprint density at radius 3 is 1.59 bits per heavy atom. The van der Waals surface area contributed by atoms with Crippen molar-refractivity contribution in [3.63, 3.8) is 0 Å². The number of amides is 7. The Labute approximate surface area is 655 Å². The van der Waals surface area contributed by atoms with Crippen LogP contribution in [0.15, 0.2) is 113 Å². The first kappa shape index (κ1) is 81.9. The smallest absolute Gasteiger partial charge is 0.418 e. The lowest BCUT2D eigenvalue weighted by molar-refractivity contribution is -0.385. The first-order chi connectivity index (χ1) is 54.2. The number of anilines is 3. The van der Waals surface area contributed by atoms with E-state index in [4.69, 9.17) is 18.9 Å². The maximum Gasteiger partial charge on any atom is 0.418 e. The number of aryl methyl sites for hydroxylation is 5. The number of rotatable bonds is 11. The number of aromatic nitrogens is 7. The Balaban J connectivity index is 0.000000137. The molecule has 11 heterocycles. The molecule has 5 fully saturated rings. The average Bonchev–Trinajstić information content (AvgIpc) is 1.62. The number of fused-ring (bicyclic) bond motifs is 5. The van der Waals surface area contributed by atoms with Gasteiger partial charge in [0.2, 0.25) is 0 Å². The zero-order valence-corrected chi connectivity index (χ0v) is 65.9. The van der Waals surface area contributed by atoms with E-state index in [0.717, 1.165) is 159 Å². The second-order valence-electron chi connectivity index (χ2n) is 30.0. The van der Waals surface area contributed by atoms with Gasteiger partial charge in [0.25, 0.3) is 23.2 Å². The van der Waals surface area contributed by atoms with Gasteiger partial charge < -0.3 is 39.4 Å². The summed E-state index contributed by atoms with van der Waals surface area (Å²) < 4.78 is 68.3. The van der Waals surface area contributed by atoms with Crippen LogP contribution in [0, 0.1) is 47.9 Å². The van der Waals surface area contributed by atoms with E-state index in [1.165, 1.54) is 58.2 Å². The lowest BCUT2D eigenvalue weighted by Crippen LogP contribution is -2.47. The number of urea groups is 2. The molecule has 3 unspecified atom stereocenters. The van der Waals surface area contributed by atoms with Gasteiger partial charge in [0, 0.05) is 121 Å². The zero-order valence-electron chi connectivity index (χ0n) is 65.9. The number of nitro benzene ring substituents is 2. The van der Waals surface area contributed by atoms with E-state index >= 15 is 0 Å². The number of likely N-dealkylation sites (N-methyl/N-ethyl adjacent to an activating group) is 2. The molecular weight excluding hydrogens is 1480 g/mol. The number of ether oxygens (including phenoxy) is 4. The third-order valence-corrected chi connectivity index (χ3v) is 20.8. The number of nitrogens with one attached hydrogen (secondary N) is 2. The molecule has 0 saturated carbocycles. The number of pyridine rings is 1. The normalized spacial score (nSPS) is 19.1. The summed E-state index contributed by atoms with van der Waals surface area (Å²) >= 11 is 0. The molecule has 7 aliphatic heterocycles. The van der Waals surface area contributed by atoms with Crippen LogP contribution in [0.1, 0.15) is 174 Å². The van der Waals surface area contributed by atoms with Crippen molar-refractivity contribution in [2.24, 2.45) is 9.98 Å². The summed E-state index contributed by atoms with van der Waals surface area (Å²) in [7, 11) is 3.22. The molecule has 30 nitrogen and oxygen atoms in total. The van der Waals surface area contributed by atoms with Crippen LogP contribution in [-0.2, 0) is 54.2 Å². The zero-order chi connectivity index (χ0) is 81.8. The van der Waals surface area contributed by atoms with E-state index in [2.05, 4.69) is 77.6 Å². The molecule has 7 amide bonds. The van der Waals surface area contributed by atoms with Crippen LogP contribution in [0.3, 0.4) is 0 Å². The SMILES string of the molecule is CC1=NCc2cc(N(C)C(=O)[C@@H]3CNC(=O)N3c3cc(C(F)(F)F)cc(C)n3)ccc21.CC1=NCc2cc([N+](=O)[O-])ccc21.CCc1ccc2c(C)nn(C3CCCCO3)c2c1.Cc1nn(C2CCCCO2)c2cc(N(C)C(=O)[C@@H]3CN(C(=O)OC(C)(C)C)C(=O)N3)ccc12.Cc1nn(C2CCCCO2)c2cc([N+](=O)[O-])ccc12. The molecule has 5 atom stereocenters. The number of halogens is 3. The van der Waals surface area contributed by atoms with Crippen molar-refractivity contribution in [1.29, 1.82) is 0 Å². The highest BCUT2D eigenvalue weighted by Gasteiger charge is 2.43. The fourth-order valence-electron chi connectivity index (χ4n) is 14.7. The number of aliphatic imine (C=N–C) groups is 2. The van der Waals surface area contributed by atoms with Crippen LogP contribution < -0.4 is 25.3 Å². The van der Waals surface area contributed by atoms with Gasteiger partial charge in [-0.3, -0.25) is 44.7 Å². The number of imide groups is 1. The minimum absolute atomic E-state index is 0.0356. The van der Waals surface area contributed by atoms with E-state index in [-0.39, 0.29) is 70.4 Å². The number of carbonyl (C=O) groups is 5. The number of carbonyl (C=O) groups excluding carboxylic acids is 5. The standard InChI is InChI=1S/C23H31N5O5.C21H20F3N5O2.C15H20N2O.C13H15N3O3.C9H8N2O2/c1-14-16-10-9-15(12-18(16)28(25-14)19-8-6-7-11-32-19)26(5)20(29)17-13-27(21(30)24-17)22(31)33-23(2,3)4;1-11-6-14(21(22,23)24)8-18(27-11)29-17(10-26-20(29)31)19(30)28(3)15-4-5-16-12(2)25-9-13(16)7-15;1-3-12-7-8-13-11(2)16-17(14(13)10-12)15-6-4-5-9-18-15;1-9-11-6-5-10(16(17)18)8-12(11)15(14-9)13-4-2-3-7-19-13;1-6-9-3-2-8(11(12)13)4-7(9)5-10-6/h9-10,12,17,19H,6-8,11,13H2,1-5H3,(H,24,30);4-8,17H,9-10H2,1-3H3,(H,26,31);7-8,10,15H,3-6,9H2,1-2H3;5-6,8,13H,2-4,7H2,1H3;2-4H,5H2,1H3/t17-,19?;17-;;;/m00.../s1. The van der Waals surface area contributed by atoms with Crippen molar-refractivity contribution in [2.45, 2.75) is 189 Å². The number of nitrogens with zero attached hydrogens (tertiary/aromatic N) is 15. The lowest BCUT2D eigenvalue weighted by atomic mass is 10.1. The van der Waals surface area contributed by atoms with Crippen molar-refractivity contribution in [3.05, 3.63) is 180 Å². The third kappa shape index (κ3) is 18.2. The maximum atomic E-state index is 13.2. The van der Waals surface area contributed by atoms with Gasteiger partial charge in [-0.05, 0) is 204 Å². The number of hydrogen-bond donors (Lipinski definition) is 2. The van der Waals surface area contributed by atoms with Crippen molar-refractivity contribution in [1.82, 2.24) is 49.9 Å². The summed E-state index contributed by atoms with van der Waals surface area (Å²) in [5, 5.41) is 43.5. The molecule has 602 valence electrons. The van der Waals surface area contributed by atoms with Crippen LogP contribution in [0.5, 0.6) is 0 Å². The molecule has 2 N–H and O–H groups in total. The molecule has 5 saturated heterocycles. The highest BCUT2D eigenvalue weighted by Crippen LogP contribution is 2.37. The van der Waals surface area contributed by atoms with Crippen LogP contribution in [-0.4, -0.2) is 155 Å². The van der Waals surface area contributed by atoms with E-state index < -0.39 is 53.5 Å². The highest BCUT2D eigenvalue weighted by molar-refractivity contribution is 6.09. The predicted octanol–water partition coefficient (Wildman–Crippen LogP) is 15.1. The third-order valence-electron chi connectivity index (χ3n) is 20.8. The van der Waals surface area contributed by atoms with Crippen molar-refractivity contribution >= 4 is 103 Å². The van der Waals surface area contributed by atoms with E-state index in [0.29, 0.717) is 31.1 Å². The predicted molar refractivity (Wildman–Crippen MR) is 423 cm³/mol. The van der Waals surface area contributed by atoms with Crippen molar-refractivity contribution < 1.29 is 65.9 Å². The fourth-order valence-corrected chi connectivity index (χ4v) is 14.7. The highest BCUT2D eigenvalue weighted by atomic mass is 19.4. The molecule has 16 rings (SSSR count). The minimum Gasteiger partial charge on any atom is -0.443 e. The maximum absolute atomic E-state index is 13.2. The fraction of sp³-hybridized carbons (Fsp3) is 0.444. The van der Waals surface area contributed by atoms with Gasteiger partial charge in [-0.15, -0.1) is 0 Å². The van der Waals surface area contributed by atoms with Crippen molar-refractivity contribution in [2.75, 3.05) is 61.7 Å². The number of nitro groups is 2. The topological polar surface area (TPSA) is 337 Å². The molecule has 114 heavy (non-hydrogen) atoms. The minimum atomic E-state index is -4.60. The van der Waals surface area contributed by atoms with Crippen LogP contribution in [0.25, 0.3) is 32.7 Å². The molecule has 0 radical (unpaired) electrons. The van der Waals surface area contributed by atoms with Crippen molar-refractivity contribution in [3.8, 4) is 0 Å². The van der Waals surface area contributed by atoms with Gasteiger partial charge in [-0.2, -0.15) is 28.5 Å². The van der Waals surface area contributed by atoms with Crippen LogP contribution in [0.2, 0.25) is 0 Å². The second-order valence-corrected chi connectivity index (χ2v) is 30.0. The van der Waals surface area contributed by atoms with E-state index in [1.54, 1.807) is 69.9 Å². The number of hydrogen-bond acceptors (Lipinski definition) is 19. The summed E-state index contributed by atoms with van der Waals surface area (Å²) in [6.07, 6.45) is 5.16. The van der Waals surface area contributed by atoms with Gasteiger partial charge in [-0.25, -0.2) is 38.3 Å². The summed E-state index contributed by atoms with van der Waals surface area (Å²) in [5.74, 6) is -0.983. The average molecular weight is 1570 g/mol. The van der Waals surface area contributed by atoms with Crippen LogP contribution >= 0.6 is 0 Å². The Bertz CT molecular complexity index is 5240. The summed E-state index contributed by atoms with van der Waals surface area (Å²) in [4.78, 5) is 101. The Kier molecular flexibility index (Phi) is 24.7. The quantitative estimate of drug-likeness (QED) is 0.0897. The lowest BCUT2D eigenvalue weighted by Gasteiger charge is -2.27. The Morgan fingerprint density at radius 1 is 0.596 bits per heavy atom. The molecule has 0 aliphatic carbocycles. The molecular formula is C81H94F3N17O13. The largest absolute Gasteiger partial charge is 0.443 e. The summed E-state index contributed by atoms with van der Waals surface area (Å²) in [5.41, 5.74) is 12.9. The van der Waals surface area contributed by atoms with Crippen LogP contribution in [0.4, 0.5) is 56.1 Å². The van der Waals surface area contributed by atoms with Gasteiger partial charge in [0.15, 0.2) is 18.7 Å². The number of non-ortho nitro benzene ring substituents is 2. The molecule has 4 aromatic heterocycles. The molecule has 7 aliphatic rings. The number of alkyl halides is 3. The van der Waals surface area contributed by atoms with Gasteiger partial charge in [0.1, 0.15) is 23.5 Å². The Hall–Kier alpha value is -11.6. The second kappa shape index (κ2) is 34.4. The molecule has 0 spiro atoms. The van der Waals surface area contributed by atoms with E-state index in [1.807, 2.05) is 62.7 Å². The monoisotopic (exact) mass is 1570 g/mol. The van der Waals surface area contributed by atoms with Gasteiger partial charge in [0.05, 0.1) is 68.7 Å². The number of benzene rings is 5. The van der Waals surface area contributed by atoms with Gasteiger partial charge in [-0.1, -0.05) is 25.1 Å². The van der Waals surface area contributed by atoms with E-state index in [9.17, 15) is 57.4 Å². The first-order valence-electron chi connectivity index (χ1n) is 38.1. The molecule has 9 aromatic rings. The molecule has 0 bridgehead atoms.